The second kappa shape index (κ2) is 50.8. The number of urea groups is 1. The molecule has 0 fully saturated rings. The molecule has 0 aliphatic carbocycles. The molecule has 5 aromatic rings. The van der Waals surface area contributed by atoms with Crippen molar-refractivity contribution in [2.45, 2.75) is 102 Å². The van der Waals surface area contributed by atoms with E-state index in [4.69, 9.17) is 43.4 Å². The van der Waals surface area contributed by atoms with E-state index in [1.54, 1.807) is 48.5 Å². The van der Waals surface area contributed by atoms with Crippen LogP contribution in [0.3, 0.4) is 0 Å². The summed E-state index contributed by atoms with van der Waals surface area (Å²) in [7, 11) is -15.4. The van der Waals surface area contributed by atoms with Gasteiger partial charge in [0, 0.05) is 25.7 Å². The minimum atomic E-state index is -4.55. The minimum Gasteiger partial charge on any atom is -0.481 e. The third-order valence-electron chi connectivity index (χ3n) is 14.8. The van der Waals surface area contributed by atoms with E-state index in [9.17, 15) is 92.6 Å². The van der Waals surface area contributed by atoms with Gasteiger partial charge in [-0.3, -0.25) is 63.4 Å². The first-order valence-corrected chi connectivity index (χ1v) is 37.7. The summed E-state index contributed by atoms with van der Waals surface area (Å²) in [5, 5.41) is 95.1. The zero-order valence-corrected chi connectivity index (χ0v) is 65.6. The number of azo groups is 1. The summed E-state index contributed by atoms with van der Waals surface area (Å²) in [4.78, 5) is 106. The standard InChI is InChI=1S/C36H53N13O9.C18H15O9PS3.C8H20N4O6.Na.Tc/c37-22-29(50)44-27(21-30(51)52)33(55)45-24(12-4-6-15-40-16-9-19-43-36(58)49-48-28-14-5-7-17-41-28)31(53)47-26(20-23-10-2-1-3-11-23)32(54)46-25(34(56)57)13-8-18-42-35(38)39;19-29(20,21)16-7-1-4-13(10-16)28(14-5-2-8-17(11-14)30(22,23)24)15-6-3-9-18(12-15)31(25,26)27;9-6(7(17)18)5(1-13)8(10-2-14,11-3-15)12-4-16;;/h1-3,5,7,10-11,14,17,24-27,40H,4,6,8-9,12-13,15-16,18-22,37H2,(H,43,58)(H,44,50)(H,45,55)(H,46,54)(H,47,53)(H,51,52)(H,56,57)(H4,38,39,42);1-12H,(H,19,20,21)(H,22,23,24)(H,25,26,27);5-6,10-16H,1-4,9H2,(H,17,18);;/q;;;+1;+4/b49-48+;;;;/t24-,25-,26+,27+;;;;/m0..../s1/i;;;;1+1. The van der Waals surface area contributed by atoms with E-state index < -0.39 is 182 Å². The molecule has 47 heteroatoms. The Kier molecular flexibility index (Phi) is 46.2. The molecule has 1 radical (unpaired) electrons. The van der Waals surface area contributed by atoms with Crippen molar-refractivity contribution in [1.82, 2.24) is 52.8 Å². The Hall–Kier alpha value is -7.93. The van der Waals surface area contributed by atoms with Gasteiger partial charge in [0.2, 0.25) is 23.6 Å². The molecule has 6 atom stereocenters. The molecule has 27 N–H and O–H groups in total. The molecule has 6 amide bonds. The number of aromatic nitrogens is 1. The molecule has 109 heavy (non-hydrogen) atoms. The molecule has 0 saturated heterocycles. The number of guanidine groups is 1. The quantitative estimate of drug-likeness (QED) is 0.00252. The first-order valence-electron chi connectivity index (χ1n) is 32.0. The van der Waals surface area contributed by atoms with Crippen LogP contribution in [-0.2, 0) is 90.4 Å². The maximum Gasteiger partial charge on any atom is 4.00 e. The van der Waals surface area contributed by atoms with E-state index in [0.29, 0.717) is 66.2 Å². The molecular weight excluding hydrogens is 1620 g/mol. The fourth-order valence-electron chi connectivity index (χ4n) is 9.66. The molecule has 0 bridgehead atoms. The minimum absolute atomic E-state index is 0. The first kappa shape index (κ1) is 99.1. The Morgan fingerprint density at radius 2 is 1.04 bits per heavy atom. The smallest absolute Gasteiger partial charge is 0.481 e. The van der Waals surface area contributed by atoms with Gasteiger partial charge in [0.1, 0.15) is 36.0 Å². The van der Waals surface area contributed by atoms with E-state index in [2.05, 4.69) is 68.1 Å². The number of aliphatic carboxylic acids is 3. The van der Waals surface area contributed by atoms with Gasteiger partial charge in [-0.1, -0.05) is 77.9 Å². The fourth-order valence-corrected chi connectivity index (χ4v) is 13.9. The largest absolute Gasteiger partial charge is 4.00 e. The Labute approximate surface area is 663 Å². The van der Waals surface area contributed by atoms with Crippen LogP contribution < -0.4 is 116 Å². The zero-order chi connectivity index (χ0) is 79.9. The van der Waals surface area contributed by atoms with Crippen molar-refractivity contribution >= 4 is 114 Å². The molecule has 0 spiro atoms. The Morgan fingerprint density at radius 3 is 1.49 bits per heavy atom. The molecule has 0 aliphatic rings. The molecule has 41 nitrogen and oxygen atoms in total. The number of rotatable bonds is 43. The molecule has 1 heterocycles. The summed E-state index contributed by atoms with van der Waals surface area (Å²) in [5.74, 6) is -10.2. The van der Waals surface area contributed by atoms with E-state index >= 15 is 0 Å². The van der Waals surface area contributed by atoms with Crippen molar-refractivity contribution in [3.63, 3.8) is 0 Å². The fraction of sp³-hybridized carbons (Fsp3) is 0.387. The van der Waals surface area contributed by atoms with E-state index in [1.165, 1.54) is 60.8 Å². The Bertz CT molecular complexity index is 3960. The van der Waals surface area contributed by atoms with Gasteiger partial charge in [0.15, 0.2) is 11.8 Å². The monoisotopic (exact) mass is 1700 g/mol. The van der Waals surface area contributed by atoms with Crippen molar-refractivity contribution < 1.29 is 163 Å². The first-order chi connectivity index (χ1) is 50.5. The van der Waals surface area contributed by atoms with Crippen LogP contribution in [0.2, 0.25) is 0 Å². The van der Waals surface area contributed by atoms with Gasteiger partial charge >= 0.3 is 73.6 Å². The van der Waals surface area contributed by atoms with Crippen LogP contribution in [0.25, 0.3) is 0 Å². The van der Waals surface area contributed by atoms with Crippen molar-refractivity contribution in [2.75, 3.05) is 59.5 Å². The number of carboxylic acids is 3. The number of nitrogens with zero attached hydrogens (tertiary/aromatic N) is 4. The number of hydrogen-bond acceptors (Lipinski definition) is 27. The van der Waals surface area contributed by atoms with Gasteiger partial charge in [0.25, 0.3) is 30.4 Å². The molecule has 5 rings (SSSR count). The van der Waals surface area contributed by atoms with Crippen LogP contribution in [0.5, 0.6) is 0 Å². The predicted molar refractivity (Wildman–Crippen MR) is 384 cm³/mol. The average molecular weight is 1700 g/mol. The van der Waals surface area contributed by atoms with Gasteiger partial charge < -0.3 is 90.6 Å². The number of carbonyl (C=O) groups is 8. The second-order valence-electron chi connectivity index (χ2n) is 22.5. The summed E-state index contributed by atoms with van der Waals surface area (Å²) in [6, 6.07) is 21.7. The van der Waals surface area contributed by atoms with Crippen LogP contribution in [0, 0.1) is 5.92 Å². The summed E-state index contributed by atoms with van der Waals surface area (Å²) < 4.78 is 97.7. The zero-order valence-electron chi connectivity index (χ0n) is 58.4. The number of aliphatic hydroxyl groups is 4. The van der Waals surface area contributed by atoms with Gasteiger partial charge in [0.05, 0.1) is 60.4 Å². The van der Waals surface area contributed by atoms with Crippen LogP contribution >= 0.6 is 7.92 Å². The van der Waals surface area contributed by atoms with Gasteiger partial charge in [-0.05, 0) is 130 Å². The van der Waals surface area contributed by atoms with Crippen molar-refractivity contribution in [1.29, 1.82) is 0 Å². The normalized spacial score (nSPS) is 13.0. The number of nitrogens with one attached hydrogen (secondary N) is 9. The number of nitrogens with two attached hydrogens (primary N) is 4. The Morgan fingerprint density at radius 1 is 0.560 bits per heavy atom. The number of benzene rings is 4. The number of unbranched alkanes of at least 4 members (excludes halogenated alkanes) is 1. The average Bonchev–Trinajstić information content (AvgIpc) is 0.771. The summed E-state index contributed by atoms with van der Waals surface area (Å²) >= 11 is 0. The summed E-state index contributed by atoms with van der Waals surface area (Å²) in [6.45, 7) is -1.55. The van der Waals surface area contributed by atoms with Crippen LogP contribution in [0.15, 0.2) is 157 Å². The molecule has 591 valence electrons. The third kappa shape index (κ3) is 36.6. The molecule has 0 aliphatic heterocycles. The molecular formula is C62H88N17NaO24PS3Tc+5. The van der Waals surface area contributed by atoms with Gasteiger partial charge in [-0.2, -0.15) is 25.3 Å². The number of aliphatic hydroxyl groups excluding tert-OH is 4. The number of carboxylic acid groups (broad SMARTS) is 3. The molecule has 0 saturated carbocycles. The van der Waals surface area contributed by atoms with Crippen LogP contribution in [-0.4, -0.2) is 229 Å². The maximum atomic E-state index is 13.9. The SMILES string of the molecule is NC(C(=O)O)C(CO)C(NCO)(NCO)NCO.NCC(=O)N[C@H](CC(=O)O)C(=O)N[C@@H](CCCCNCCCNC(=O)/N=N/c1ccccn1)C(=O)N[C@H](Cc1ccccc1)C(=O)N[C@@H](CCCN=C(N)N)C(=O)O.O=S(=O)(O)c1cccc(P(c2cccc(S(=O)(=O)O)c2)c2cccc(S(=O)(=O)O)c2)c1.[99Tc+4].[Na+]. The van der Waals surface area contributed by atoms with E-state index in [0.717, 1.165) is 18.2 Å². The molecule has 1 aromatic heterocycles. The number of pyridine rings is 1. The maximum absolute atomic E-state index is 13.9. The Balaban J connectivity index is 0.000000963. The van der Waals surface area contributed by atoms with Crippen molar-refractivity contribution in [2.24, 2.45) is 44.1 Å². The molecule has 4 aromatic carbocycles. The van der Waals surface area contributed by atoms with Crippen molar-refractivity contribution in [3.05, 3.63) is 133 Å². The second-order valence-corrected chi connectivity index (χ2v) is 29.0. The van der Waals surface area contributed by atoms with Crippen LogP contribution in [0.4, 0.5) is 10.6 Å². The topological polar surface area (TPSA) is 704 Å². The molecule has 2 unspecified atom stereocenters. The van der Waals surface area contributed by atoms with Crippen molar-refractivity contribution in [3.8, 4) is 0 Å². The number of amides is 6. The number of aliphatic imine (C=N–C) groups is 1. The van der Waals surface area contributed by atoms with Gasteiger partial charge in [-0.25, -0.2) is 14.6 Å². The summed E-state index contributed by atoms with van der Waals surface area (Å²) in [6.07, 6.45) is 2.35. The van der Waals surface area contributed by atoms with E-state index in [1.807, 2.05) is 0 Å². The number of hydrogen-bond donors (Lipinski definition) is 23. The van der Waals surface area contributed by atoms with E-state index in [-0.39, 0.29) is 87.9 Å². The van der Waals surface area contributed by atoms with Gasteiger partial charge in [-0.15, -0.1) is 5.11 Å². The number of carbonyl (C=O) groups excluding carboxylic acids is 5. The summed E-state index contributed by atoms with van der Waals surface area (Å²) in [5.41, 5.74) is 22.1. The third-order valence-corrected chi connectivity index (χ3v) is 19.7. The van der Waals surface area contributed by atoms with Crippen LogP contribution in [0.1, 0.15) is 50.5 Å². The predicted octanol–water partition coefficient (Wildman–Crippen LogP) is -7.76.